The maximum Gasteiger partial charge on any atom is 0.340 e. The van der Waals surface area contributed by atoms with Crippen molar-refractivity contribution in [2.75, 3.05) is 19.4 Å². The smallest absolute Gasteiger partial charge is 0.340 e. The molecule has 1 aromatic rings. The van der Waals surface area contributed by atoms with Crippen molar-refractivity contribution in [3.8, 4) is 0 Å². The van der Waals surface area contributed by atoms with Gasteiger partial charge < -0.3 is 10.1 Å². The molecule has 0 aromatic heterocycles. The Morgan fingerprint density at radius 2 is 2.15 bits per heavy atom. The summed E-state index contributed by atoms with van der Waals surface area (Å²) in [5, 5.41) is 2.99. The van der Waals surface area contributed by atoms with Gasteiger partial charge in [-0.25, -0.2) is 4.79 Å². The Morgan fingerprint density at radius 3 is 2.80 bits per heavy atom. The normalized spacial score (nSPS) is 10.2. The molecule has 0 aliphatic heterocycles. The van der Waals surface area contributed by atoms with Crippen LogP contribution in [0.25, 0.3) is 0 Å². The molecule has 1 N–H and O–H groups in total. The number of carbonyl (C=O) groups excluding carboxylic acids is 2. The molecule has 0 saturated heterocycles. The van der Waals surface area contributed by atoms with Crippen molar-refractivity contribution in [2.45, 2.75) is 24.7 Å². The van der Waals surface area contributed by atoms with E-state index in [1.54, 1.807) is 12.1 Å². The molecule has 4 nitrogen and oxygen atoms in total. The predicted molar refractivity (Wildman–Crippen MR) is 81.4 cm³/mol. The first kappa shape index (κ1) is 16.9. The largest absolute Gasteiger partial charge is 0.452 e. The third-order valence-electron chi connectivity index (χ3n) is 2.58. The monoisotopic (exact) mass is 315 g/mol. The summed E-state index contributed by atoms with van der Waals surface area (Å²) in [4.78, 5) is 24.2. The maximum absolute atomic E-state index is 11.9. The SMILES string of the molecule is CCCCNC(=O)COC(=O)c1cc(SC)ccc1Cl. The van der Waals surface area contributed by atoms with Crippen LogP contribution in [-0.2, 0) is 9.53 Å². The standard InChI is InChI=1S/C14H18ClNO3S/c1-3-4-7-16-13(17)9-19-14(18)11-8-10(20-2)5-6-12(11)15/h5-6,8H,3-4,7,9H2,1-2H3,(H,16,17). The second-order valence-corrected chi connectivity index (χ2v) is 5.41. The summed E-state index contributed by atoms with van der Waals surface area (Å²) in [6.07, 6.45) is 3.80. The Kier molecular flexibility index (Phi) is 7.47. The number of carbonyl (C=O) groups is 2. The molecule has 0 fully saturated rings. The minimum atomic E-state index is -0.587. The number of hydrogen-bond acceptors (Lipinski definition) is 4. The fraction of sp³-hybridized carbons (Fsp3) is 0.429. The molecular weight excluding hydrogens is 298 g/mol. The lowest BCUT2D eigenvalue weighted by Gasteiger charge is -2.08. The van der Waals surface area contributed by atoms with Crippen molar-refractivity contribution >= 4 is 35.2 Å². The molecule has 0 unspecified atom stereocenters. The Hall–Kier alpha value is -1.20. The first-order valence-electron chi connectivity index (χ1n) is 6.35. The lowest BCUT2D eigenvalue weighted by molar-refractivity contribution is -0.124. The summed E-state index contributed by atoms with van der Waals surface area (Å²) in [5.41, 5.74) is 0.278. The van der Waals surface area contributed by atoms with Gasteiger partial charge in [-0.2, -0.15) is 0 Å². The molecule has 0 heterocycles. The molecule has 0 bridgehead atoms. The topological polar surface area (TPSA) is 55.4 Å². The molecule has 0 aliphatic rings. The van der Waals surface area contributed by atoms with Crippen molar-refractivity contribution < 1.29 is 14.3 Å². The lowest BCUT2D eigenvalue weighted by Crippen LogP contribution is -2.29. The molecule has 1 aromatic carbocycles. The van der Waals surface area contributed by atoms with Crippen molar-refractivity contribution in [2.24, 2.45) is 0 Å². The summed E-state index contributed by atoms with van der Waals surface area (Å²) in [6, 6.07) is 5.12. The second-order valence-electron chi connectivity index (χ2n) is 4.13. The van der Waals surface area contributed by atoms with Crippen LogP contribution >= 0.6 is 23.4 Å². The molecule has 20 heavy (non-hydrogen) atoms. The number of ether oxygens (including phenoxy) is 1. The molecule has 1 amide bonds. The van der Waals surface area contributed by atoms with Gasteiger partial charge in [0.05, 0.1) is 10.6 Å². The van der Waals surface area contributed by atoms with Gasteiger partial charge in [-0.15, -0.1) is 11.8 Å². The number of rotatable bonds is 7. The maximum atomic E-state index is 11.9. The van der Waals surface area contributed by atoms with Gasteiger partial charge in [0.2, 0.25) is 0 Å². The highest BCUT2D eigenvalue weighted by atomic mass is 35.5. The number of halogens is 1. The Morgan fingerprint density at radius 1 is 1.40 bits per heavy atom. The molecule has 0 saturated carbocycles. The number of amides is 1. The van der Waals surface area contributed by atoms with E-state index in [2.05, 4.69) is 5.32 Å². The number of benzene rings is 1. The van der Waals surface area contributed by atoms with E-state index in [4.69, 9.17) is 16.3 Å². The molecule has 0 aliphatic carbocycles. The molecule has 1 rings (SSSR count). The molecule has 0 radical (unpaired) electrons. The van der Waals surface area contributed by atoms with Crippen LogP contribution in [-0.4, -0.2) is 31.3 Å². The summed E-state index contributed by atoms with van der Waals surface area (Å²) < 4.78 is 4.96. The van der Waals surface area contributed by atoms with Crippen molar-refractivity contribution in [3.63, 3.8) is 0 Å². The van der Waals surface area contributed by atoms with E-state index in [0.29, 0.717) is 11.6 Å². The van der Waals surface area contributed by atoms with Crippen LogP contribution < -0.4 is 5.32 Å². The van der Waals surface area contributed by atoms with E-state index in [1.807, 2.05) is 19.2 Å². The van der Waals surface area contributed by atoms with E-state index in [-0.39, 0.29) is 18.1 Å². The van der Waals surface area contributed by atoms with Gasteiger partial charge >= 0.3 is 5.97 Å². The highest BCUT2D eigenvalue weighted by molar-refractivity contribution is 7.98. The highest BCUT2D eigenvalue weighted by Gasteiger charge is 2.14. The Labute approximate surface area is 128 Å². The third kappa shape index (κ3) is 5.43. The Bertz CT molecular complexity index is 479. The van der Waals surface area contributed by atoms with Gasteiger partial charge in [-0.1, -0.05) is 24.9 Å². The van der Waals surface area contributed by atoms with Gasteiger partial charge in [0.15, 0.2) is 6.61 Å². The number of hydrogen-bond donors (Lipinski definition) is 1. The number of unbranched alkanes of at least 4 members (excludes halogenated alkanes) is 1. The Balaban J connectivity index is 2.52. The van der Waals surface area contributed by atoms with Gasteiger partial charge in [0, 0.05) is 11.4 Å². The summed E-state index contributed by atoms with van der Waals surface area (Å²) in [5.74, 6) is -0.888. The zero-order valence-electron chi connectivity index (χ0n) is 11.6. The zero-order valence-corrected chi connectivity index (χ0v) is 13.1. The predicted octanol–water partition coefficient (Wildman–Crippen LogP) is 3.14. The molecule has 6 heteroatoms. The second kappa shape index (κ2) is 8.87. The van der Waals surface area contributed by atoms with Crippen LogP contribution in [0.15, 0.2) is 23.1 Å². The highest BCUT2D eigenvalue weighted by Crippen LogP contribution is 2.23. The number of nitrogens with one attached hydrogen (secondary N) is 1. The van der Waals surface area contributed by atoms with Crippen LogP contribution in [0.4, 0.5) is 0 Å². The van der Waals surface area contributed by atoms with E-state index in [0.717, 1.165) is 17.7 Å². The van der Waals surface area contributed by atoms with Crippen molar-refractivity contribution in [1.82, 2.24) is 5.32 Å². The van der Waals surface area contributed by atoms with Gasteiger partial charge in [-0.05, 0) is 30.9 Å². The lowest BCUT2D eigenvalue weighted by atomic mass is 10.2. The van der Waals surface area contributed by atoms with Crippen LogP contribution in [0.3, 0.4) is 0 Å². The summed E-state index contributed by atoms with van der Waals surface area (Å²) in [7, 11) is 0. The molecule has 0 spiro atoms. The van der Waals surface area contributed by atoms with E-state index in [1.165, 1.54) is 11.8 Å². The fourth-order valence-corrected chi connectivity index (χ4v) is 2.09. The van der Waals surface area contributed by atoms with Gasteiger partial charge in [0.1, 0.15) is 0 Å². The average Bonchev–Trinajstić information content (AvgIpc) is 2.45. The van der Waals surface area contributed by atoms with Crippen molar-refractivity contribution in [3.05, 3.63) is 28.8 Å². The first-order valence-corrected chi connectivity index (χ1v) is 7.96. The minimum absolute atomic E-state index is 0.278. The van der Waals surface area contributed by atoms with Crippen LogP contribution in [0.1, 0.15) is 30.1 Å². The van der Waals surface area contributed by atoms with Gasteiger partial charge in [-0.3, -0.25) is 4.79 Å². The summed E-state index contributed by atoms with van der Waals surface area (Å²) in [6.45, 7) is 2.34. The van der Waals surface area contributed by atoms with Crippen molar-refractivity contribution in [1.29, 1.82) is 0 Å². The van der Waals surface area contributed by atoms with E-state index >= 15 is 0 Å². The van der Waals surface area contributed by atoms with Crippen LogP contribution in [0, 0.1) is 0 Å². The van der Waals surface area contributed by atoms with E-state index in [9.17, 15) is 9.59 Å². The minimum Gasteiger partial charge on any atom is -0.452 e. The zero-order chi connectivity index (χ0) is 15.0. The van der Waals surface area contributed by atoms with Crippen LogP contribution in [0.5, 0.6) is 0 Å². The number of esters is 1. The molecule has 0 atom stereocenters. The summed E-state index contributed by atoms with van der Waals surface area (Å²) >= 11 is 7.46. The third-order valence-corrected chi connectivity index (χ3v) is 3.64. The average molecular weight is 316 g/mol. The fourth-order valence-electron chi connectivity index (χ4n) is 1.45. The first-order chi connectivity index (χ1) is 9.58. The molecule has 110 valence electrons. The number of thioether (sulfide) groups is 1. The van der Waals surface area contributed by atoms with E-state index < -0.39 is 5.97 Å². The quantitative estimate of drug-likeness (QED) is 0.477. The van der Waals surface area contributed by atoms with Gasteiger partial charge in [0.25, 0.3) is 5.91 Å². The van der Waals surface area contributed by atoms with Crippen LogP contribution in [0.2, 0.25) is 5.02 Å². The molecular formula is C14H18ClNO3S.